The number of rotatable bonds is 5. The Balaban J connectivity index is 1.45. The lowest BCUT2D eigenvalue weighted by Gasteiger charge is -2.08. The van der Waals surface area contributed by atoms with Crippen molar-refractivity contribution in [3.8, 4) is 5.69 Å². The van der Waals surface area contributed by atoms with Crippen LogP contribution < -0.4 is 10.6 Å². The zero-order chi connectivity index (χ0) is 20.2. The minimum Gasteiger partial charge on any atom is -0.356 e. The van der Waals surface area contributed by atoms with E-state index in [0.717, 1.165) is 11.4 Å². The monoisotopic (exact) mass is 387 g/mol. The average Bonchev–Trinajstić information content (AvgIpc) is 3.13. The lowest BCUT2D eigenvalue weighted by Crippen LogP contribution is -2.14. The first-order chi connectivity index (χ1) is 14.1. The summed E-state index contributed by atoms with van der Waals surface area (Å²) in [4.78, 5) is 16.7. The quantitative estimate of drug-likeness (QED) is 0.520. The Hall–Kier alpha value is -4.00. The minimum atomic E-state index is -0.419. The number of anilines is 3. The Morgan fingerprint density at radius 2 is 1.48 bits per heavy atom. The summed E-state index contributed by atoms with van der Waals surface area (Å²) in [6.07, 6.45) is 0. The summed E-state index contributed by atoms with van der Waals surface area (Å²) in [6, 6.07) is 23.0. The van der Waals surface area contributed by atoms with Gasteiger partial charge in [0.15, 0.2) is 0 Å². The third kappa shape index (κ3) is 4.30. The standard InChI is InChI=1S/C22H18FN5O/c1-15-24-21(27-28(15)20-13-7-16(23)8-14-20)22(29)26-19-11-9-18(10-12-19)25-17-5-3-2-4-6-17/h2-14,25H,1H3,(H,26,29). The van der Waals surface area contributed by atoms with E-state index >= 15 is 0 Å². The summed E-state index contributed by atoms with van der Waals surface area (Å²) < 4.78 is 14.6. The average molecular weight is 387 g/mol. The molecule has 144 valence electrons. The van der Waals surface area contributed by atoms with Gasteiger partial charge in [0.2, 0.25) is 5.82 Å². The van der Waals surface area contributed by atoms with Gasteiger partial charge in [-0.1, -0.05) is 18.2 Å². The summed E-state index contributed by atoms with van der Waals surface area (Å²) >= 11 is 0. The summed E-state index contributed by atoms with van der Waals surface area (Å²) in [6.45, 7) is 1.73. The number of nitrogens with zero attached hydrogens (tertiary/aromatic N) is 3. The van der Waals surface area contributed by atoms with Crippen LogP contribution in [-0.2, 0) is 0 Å². The minimum absolute atomic E-state index is 0.0401. The summed E-state index contributed by atoms with van der Waals surface area (Å²) in [5.74, 6) is -0.185. The van der Waals surface area contributed by atoms with Gasteiger partial charge < -0.3 is 10.6 Å². The first-order valence-corrected chi connectivity index (χ1v) is 9.01. The van der Waals surface area contributed by atoms with Crippen LogP contribution in [0.2, 0.25) is 0 Å². The van der Waals surface area contributed by atoms with Crippen molar-refractivity contribution < 1.29 is 9.18 Å². The molecule has 7 heteroatoms. The fourth-order valence-electron chi connectivity index (χ4n) is 2.83. The number of hydrogen-bond donors (Lipinski definition) is 2. The van der Waals surface area contributed by atoms with E-state index in [1.54, 1.807) is 31.2 Å². The molecule has 1 heterocycles. The van der Waals surface area contributed by atoms with Gasteiger partial charge in [0, 0.05) is 17.1 Å². The number of carbonyl (C=O) groups excluding carboxylic acids is 1. The lowest BCUT2D eigenvalue weighted by atomic mass is 10.2. The van der Waals surface area contributed by atoms with Crippen LogP contribution in [0.15, 0.2) is 78.9 Å². The maximum Gasteiger partial charge on any atom is 0.295 e. The Morgan fingerprint density at radius 3 is 2.17 bits per heavy atom. The molecule has 4 aromatic rings. The lowest BCUT2D eigenvalue weighted by molar-refractivity contribution is 0.101. The Bertz CT molecular complexity index is 1120. The van der Waals surface area contributed by atoms with Gasteiger partial charge in [-0.05, 0) is 67.6 Å². The van der Waals surface area contributed by atoms with Gasteiger partial charge >= 0.3 is 0 Å². The molecule has 0 spiro atoms. The van der Waals surface area contributed by atoms with Crippen molar-refractivity contribution in [3.63, 3.8) is 0 Å². The van der Waals surface area contributed by atoms with Crippen LogP contribution in [-0.4, -0.2) is 20.7 Å². The van der Waals surface area contributed by atoms with E-state index in [2.05, 4.69) is 20.7 Å². The molecule has 0 saturated carbocycles. The molecule has 0 aliphatic rings. The maximum atomic E-state index is 13.1. The Morgan fingerprint density at radius 1 is 0.862 bits per heavy atom. The molecule has 1 amide bonds. The van der Waals surface area contributed by atoms with E-state index in [9.17, 15) is 9.18 Å². The molecule has 1 aromatic heterocycles. The SMILES string of the molecule is Cc1nc(C(=O)Nc2ccc(Nc3ccccc3)cc2)nn1-c1ccc(F)cc1. The molecule has 3 aromatic carbocycles. The van der Waals surface area contributed by atoms with Crippen LogP contribution in [0.5, 0.6) is 0 Å². The van der Waals surface area contributed by atoms with Crippen molar-refractivity contribution in [2.45, 2.75) is 6.92 Å². The van der Waals surface area contributed by atoms with Gasteiger partial charge in [0.1, 0.15) is 11.6 Å². The molecule has 0 aliphatic heterocycles. The number of aromatic nitrogens is 3. The molecule has 29 heavy (non-hydrogen) atoms. The normalized spacial score (nSPS) is 10.6. The largest absolute Gasteiger partial charge is 0.356 e. The first kappa shape index (κ1) is 18.4. The Kier molecular flexibility index (Phi) is 5.03. The van der Waals surface area contributed by atoms with Crippen LogP contribution in [0.4, 0.5) is 21.5 Å². The highest BCUT2D eigenvalue weighted by atomic mass is 19.1. The van der Waals surface area contributed by atoms with Crippen LogP contribution in [0.3, 0.4) is 0 Å². The van der Waals surface area contributed by atoms with E-state index in [4.69, 9.17) is 0 Å². The maximum absolute atomic E-state index is 13.1. The highest BCUT2D eigenvalue weighted by molar-refractivity contribution is 6.01. The van der Waals surface area contributed by atoms with E-state index in [1.807, 2.05) is 42.5 Å². The number of amides is 1. The van der Waals surface area contributed by atoms with Gasteiger partial charge in [0.25, 0.3) is 5.91 Å². The summed E-state index contributed by atoms with van der Waals surface area (Å²) in [7, 11) is 0. The number of benzene rings is 3. The van der Waals surface area contributed by atoms with Crippen LogP contribution in [0.25, 0.3) is 5.69 Å². The number of hydrogen-bond acceptors (Lipinski definition) is 4. The zero-order valence-corrected chi connectivity index (χ0v) is 15.6. The molecule has 0 aliphatic carbocycles. The fraction of sp³-hybridized carbons (Fsp3) is 0.0455. The van der Waals surface area contributed by atoms with Crippen molar-refractivity contribution in [2.24, 2.45) is 0 Å². The van der Waals surface area contributed by atoms with Crippen LogP contribution in [0, 0.1) is 12.7 Å². The molecule has 0 fully saturated rings. The summed E-state index contributed by atoms with van der Waals surface area (Å²) in [5.41, 5.74) is 3.15. The molecule has 0 atom stereocenters. The first-order valence-electron chi connectivity index (χ1n) is 9.01. The molecule has 6 nitrogen and oxygen atoms in total. The fourth-order valence-corrected chi connectivity index (χ4v) is 2.83. The molecular weight excluding hydrogens is 369 g/mol. The van der Waals surface area contributed by atoms with Crippen molar-refractivity contribution in [1.82, 2.24) is 14.8 Å². The zero-order valence-electron chi connectivity index (χ0n) is 15.6. The van der Waals surface area contributed by atoms with E-state index in [1.165, 1.54) is 16.8 Å². The second kappa shape index (κ2) is 7.93. The van der Waals surface area contributed by atoms with Gasteiger partial charge in [-0.3, -0.25) is 4.79 Å². The molecule has 0 bridgehead atoms. The second-order valence-corrected chi connectivity index (χ2v) is 6.39. The van der Waals surface area contributed by atoms with Crippen LogP contribution >= 0.6 is 0 Å². The predicted octanol–water partition coefficient (Wildman–Crippen LogP) is 4.71. The Labute approximate surface area is 167 Å². The molecule has 4 rings (SSSR count). The van der Waals surface area contributed by atoms with E-state index in [0.29, 0.717) is 17.2 Å². The number of para-hydroxylation sites is 1. The highest BCUT2D eigenvalue weighted by Gasteiger charge is 2.15. The number of nitrogens with one attached hydrogen (secondary N) is 2. The van der Waals surface area contributed by atoms with Crippen molar-refractivity contribution in [3.05, 3.63) is 96.3 Å². The van der Waals surface area contributed by atoms with Crippen molar-refractivity contribution >= 4 is 23.0 Å². The molecule has 2 N–H and O–H groups in total. The highest BCUT2D eigenvalue weighted by Crippen LogP contribution is 2.19. The number of aryl methyl sites for hydroxylation is 1. The van der Waals surface area contributed by atoms with Gasteiger partial charge in [0.05, 0.1) is 5.69 Å². The summed E-state index contributed by atoms with van der Waals surface area (Å²) in [5, 5.41) is 10.3. The third-order valence-electron chi connectivity index (χ3n) is 4.25. The molecule has 0 radical (unpaired) electrons. The van der Waals surface area contributed by atoms with Crippen molar-refractivity contribution in [2.75, 3.05) is 10.6 Å². The van der Waals surface area contributed by atoms with Gasteiger partial charge in [-0.15, -0.1) is 5.10 Å². The smallest absolute Gasteiger partial charge is 0.295 e. The molecule has 0 saturated heterocycles. The molecule has 0 unspecified atom stereocenters. The molecular formula is C22H18FN5O. The van der Waals surface area contributed by atoms with Gasteiger partial charge in [-0.2, -0.15) is 0 Å². The number of halogens is 1. The topological polar surface area (TPSA) is 71.8 Å². The number of carbonyl (C=O) groups is 1. The van der Waals surface area contributed by atoms with E-state index < -0.39 is 5.91 Å². The predicted molar refractivity (Wildman–Crippen MR) is 110 cm³/mol. The van der Waals surface area contributed by atoms with Gasteiger partial charge in [-0.25, -0.2) is 14.1 Å². The third-order valence-corrected chi connectivity index (χ3v) is 4.25. The second-order valence-electron chi connectivity index (χ2n) is 6.39. The van der Waals surface area contributed by atoms with Crippen molar-refractivity contribution in [1.29, 1.82) is 0 Å². The van der Waals surface area contributed by atoms with E-state index in [-0.39, 0.29) is 11.6 Å². The van der Waals surface area contributed by atoms with Crippen LogP contribution in [0.1, 0.15) is 16.4 Å².